The Bertz CT molecular complexity index is 1320. The van der Waals surface area contributed by atoms with Crippen LogP contribution in [0.3, 0.4) is 0 Å². The molecule has 3 fully saturated rings. The van der Waals surface area contributed by atoms with Crippen molar-refractivity contribution in [3.63, 3.8) is 0 Å². The molecule has 2 saturated heterocycles. The lowest BCUT2D eigenvalue weighted by Crippen LogP contribution is -2.35. The van der Waals surface area contributed by atoms with Crippen LogP contribution in [0.2, 0.25) is 5.02 Å². The Kier molecular flexibility index (Phi) is 6.11. The molecule has 6 rings (SSSR count). The molecule has 3 atom stereocenters. The quantitative estimate of drug-likeness (QED) is 0.440. The molecule has 2 aromatic heterocycles. The molecule has 3 aliphatic rings. The number of piperidine rings is 1. The molecule has 2 N–H and O–H groups in total. The summed E-state index contributed by atoms with van der Waals surface area (Å²) < 4.78 is 1.04. The average Bonchev–Trinajstić information content (AvgIpc) is 3.24. The third-order valence-corrected chi connectivity index (χ3v) is 9.03. The predicted molar refractivity (Wildman–Crippen MR) is 143 cm³/mol. The smallest absolute Gasteiger partial charge is 0.234 e. The number of amides is 2. The number of carbonyl (C=O) groups is 2. The summed E-state index contributed by atoms with van der Waals surface area (Å²) in [5, 5.41) is 7.83. The van der Waals surface area contributed by atoms with E-state index < -0.39 is 0 Å². The van der Waals surface area contributed by atoms with E-state index in [1.54, 1.807) is 11.3 Å². The normalized spacial score (nSPS) is 24.6. The number of imide groups is 1. The number of hydrogen-bond acceptors (Lipinski definition) is 6. The fourth-order valence-corrected chi connectivity index (χ4v) is 7.13. The molecule has 9 heteroatoms. The highest BCUT2D eigenvalue weighted by Gasteiger charge is 2.72. The van der Waals surface area contributed by atoms with Gasteiger partial charge in [-0.3, -0.25) is 19.5 Å². The zero-order valence-corrected chi connectivity index (χ0v) is 22.2. The summed E-state index contributed by atoms with van der Waals surface area (Å²) in [5.74, 6) is -0.382. The van der Waals surface area contributed by atoms with Gasteiger partial charge in [0.2, 0.25) is 11.8 Å². The van der Waals surface area contributed by atoms with E-state index in [-0.39, 0.29) is 41.5 Å². The maximum absolute atomic E-state index is 12.8. The number of hydrogen-bond donors (Lipinski definition) is 2. The molecule has 1 aromatic carbocycles. The summed E-state index contributed by atoms with van der Waals surface area (Å²) in [6, 6.07) is 8.40. The number of rotatable bonds is 5. The zero-order valence-electron chi connectivity index (χ0n) is 19.9. The molecular formula is C26H28Cl2N4O2S. The second-order valence-electron chi connectivity index (χ2n) is 10.3. The van der Waals surface area contributed by atoms with E-state index in [1.807, 2.05) is 44.3 Å². The van der Waals surface area contributed by atoms with E-state index >= 15 is 0 Å². The number of thiophene rings is 1. The Labute approximate surface area is 219 Å². The first-order valence-corrected chi connectivity index (χ1v) is 13.0. The minimum Gasteiger partial charge on any atom is -0.380 e. The maximum atomic E-state index is 12.8. The molecule has 4 heterocycles. The summed E-state index contributed by atoms with van der Waals surface area (Å²) in [7, 11) is 0. The van der Waals surface area contributed by atoms with Gasteiger partial charge >= 0.3 is 0 Å². The number of aromatic nitrogens is 1. The molecule has 184 valence electrons. The molecule has 35 heavy (non-hydrogen) atoms. The van der Waals surface area contributed by atoms with Crippen molar-refractivity contribution in [3.05, 3.63) is 45.9 Å². The first-order chi connectivity index (χ1) is 16.3. The molecule has 1 aliphatic carbocycles. The lowest BCUT2D eigenvalue weighted by molar-refractivity contribution is -0.143. The summed E-state index contributed by atoms with van der Waals surface area (Å²) in [6.45, 7) is 8.36. The topological polar surface area (TPSA) is 74.3 Å². The Morgan fingerprint density at radius 1 is 1.20 bits per heavy atom. The Morgan fingerprint density at radius 2 is 1.94 bits per heavy atom. The van der Waals surface area contributed by atoms with Gasteiger partial charge in [0, 0.05) is 45.5 Å². The molecule has 3 unspecified atom stereocenters. The van der Waals surface area contributed by atoms with Crippen molar-refractivity contribution in [3.8, 4) is 11.1 Å². The van der Waals surface area contributed by atoms with Gasteiger partial charge in [0.15, 0.2) is 0 Å². The number of benzene rings is 1. The van der Waals surface area contributed by atoms with Gasteiger partial charge in [-0.2, -0.15) is 0 Å². The molecule has 0 spiro atoms. The second-order valence-corrected chi connectivity index (χ2v) is 11.9. The van der Waals surface area contributed by atoms with Crippen molar-refractivity contribution < 1.29 is 9.59 Å². The highest BCUT2D eigenvalue weighted by Crippen LogP contribution is 2.63. The molecule has 0 radical (unpaired) electrons. The SMILES string of the molecule is Cc1cc(Cl)cc(-c2ccnc3cc(CN4C(=O)C5C(C4=O)C5(C)C)sc23)c1NC1CCNC1.Cl. The van der Waals surface area contributed by atoms with Gasteiger partial charge in [-0.15, -0.1) is 23.7 Å². The highest BCUT2D eigenvalue weighted by molar-refractivity contribution is 7.19. The van der Waals surface area contributed by atoms with Gasteiger partial charge in [-0.25, -0.2) is 0 Å². The molecule has 2 aliphatic heterocycles. The molecule has 3 aromatic rings. The standard InChI is InChI=1S/C26H27ClN4O2S.ClH/c1-13-8-14(27)9-18(22(13)30-15-4-6-28-11-15)17-5-7-29-19-10-16(34-23(17)19)12-31-24(32)20-21(25(31)33)26(20,2)3;/h5,7-10,15,20-21,28,30H,4,6,11-12H2,1-3H3;1H. The number of halogens is 2. The van der Waals surface area contributed by atoms with E-state index in [1.165, 1.54) is 4.90 Å². The van der Waals surface area contributed by atoms with Crippen molar-refractivity contribution in [2.45, 2.75) is 39.8 Å². The molecule has 6 nitrogen and oxygen atoms in total. The highest BCUT2D eigenvalue weighted by atomic mass is 35.5. The van der Waals surface area contributed by atoms with E-state index in [0.29, 0.717) is 17.6 Å². The second kappa shape index (κ2) is 8.73. The number of pyridine rings is 1. The van der Waals surface area contributed by atoms with Crippen molar-refractivity contribution in [2.24, 2.45) is 17.3 Å². The number of nitrogens with zero attached hydrogens (tertiary/aromatic N) is 2. The van der Waals surface area contributed by atoms with Crippen LogP contribution in [0.1, 0.15) is 30.7 Å². The molecular weight excluding hydrogens is 503 g/mol. The number of likely N-dealkylation sites (tertiary alicyclic amines) is 1. The third kappa shape index (κ3) is 3.93. The van der Waals surface area contributed by atoms with Crippen LogP contribution in [0.5, 0.6) is 0 Å². The lowest BCUT2D eigenvalue weighted by atomic mass is 10.00. The van der Waals surface area contributed by atoms with Gasteiger partial charge in [0.25, 0.3) is 0 Å². The minimum atomic E-state index is -0.192. The van der Waals surface area contributed by atoms with Crippen LogP contribution in [-0.4, -0.2) is 40.8 Å². The maximum Gasteiger partial charge on any atom is 0.234 e. The summed E-state index contributed by atoms with van der Waals surface area (Å²) >= 11 is 8.09. The largest absolute Gasteiger partial charge is 0.380 e. The van der Waals surface area contributed by atoms with E-state index in [0.717, 1.165) is 57.0 Å². The number of aryl methyl sites for hydroxylation is 1. The van der Waals surface area contributed by atoms with Gasteiger partial charge < -0.3 is 10.6 Å². The van der Waals surface area contributed by atoms with Crippen molar-refractivity contribution in [1.29, 1.82) is 0 Å². The van der Waals surface area contributed by atoms with Crippen molar-refractivity contribution in [1.82, 2.24) is 15.2 Å². The number of carbonyl (C=O) groups excluding carboxylic acids is 2. The lowest BCUT2D eigenvalue weighted by Gasteiger charge is -2.20. The monoisotopic (exact) mass is 530 g/mol. The number of anilines is 1. The van der Waals surface area contributed by atoms with Crippen LogP contribution < -0.4 is 10.6 Å². The van der Waals surface area contributed by atoms with Crippen LogP contribution in [-0.2, 0) is 16.1 Å². The Morgan fingerprint density at radius 3 is 2.63 bits per heavy atom. The van der Waals surface area contributed by atoms with Crippen LogP contribution in [0, 0.1) is 24.2 Å². The molecule has 2 amide bonds. The number of fused-ring (bicyclic) bond motifs is 2. The fraction of sp³-hybridized carbons (Fsp3) is 0.423. The van der Waals surface area contributed by atoms with Gasteiger partial charge in [0.1, 0.15) is 0 Å². The van der Waals surface area contributed by atoms with Gasteiger partial charge in [-0.1, -0.05) is 25.4 Å². The van der Waals surface area contributed by atoms with Gasteiger partial charge in [-0.05, 0) is 55.1 Å². The summed E-state index contributed by atoms with van der Waals surface area (Å²) in [5.41, 5.74) is 4.98. The molecule has 0 bridgehead atoms. The van der Waals surface area contributed by atoms with E-state index in [9.17, 15) is 9.59 Å². The summed E-state index contributed by atoms with van der Waals surface area (Å²) in [6.07, 6.45) is 2.89. The van der Waals surface area contributed by atoms with Crippen LogP contribution in [0.4, 0.5) is 5.69 Å². The third-order valence-electron chi connectivity index (χ3n) is 7.67. The van der Waals surface area contributed by atoms with Crippen LogP contribution in [0.25, 0.3) is 21.3 Å². The first-order valence-electron chi connectivity index (χ1n) is 11.8. The average molecular weight is 532 g/mol. The van der Waals surface area contributed by atoms with Crippen molar-refractivity contribution >= 4 is 63.1 Å². The predicted octanol–water partition coefficient (Wildman–Crippen LogP) is 5.26. The van der Waals surface area contributed by atoms with Crippen LogP contribution in [0.15, 0.2) is 30.5 Å². The molecule has 1 saturated carbocycles. The minimum absolute atomic E-state index is 0. The number of nitrogens with one attached hydrogen (secondary N) is 2. The summed E-state index contributed by atoms with van der Waals surface area (Å²) in [4.78, 5) is 32.6. The van der Waals surface area contributed by atoms with Gasteiger partial charge in [0.05, 0.1) is 28.6 Å². The Hall–Kier alpha value is -2.19. The first kappa shape index (κ1) is 24.5. The van der Waals surface area contributed by atoms with E-state index in [2.05, 4.69) is 22.5 Å². The Balaban J connectivity index is 0.00000253. The van der Waals surface area contributed by atoms with Crippen LogP contribution >= 0.6 is 35.3 Å². The zero-order chi connectivity index (χ0) is 23.8. The van der Waals surface area contributed by atoms with Crippen molar-refractivity contribution in [2.75, 3.05) is 18.4 Å². The fourth-order valence-electron chi connectivity index (χ4n) is 5.72. The van der Waals surface area contributed by atoms with E-state index in [4.69, 9.17) is 11.6 Å².